The average molecular weight is 513 g/mol. The van der Waals surface area contributed by atoms with E-state index in [1.54, 1.807) is 3.58 Å². The first kappa shape index (κ1) is 23.4. The molecule has 0 amide bonds. The number of ether oxygens (including phenoxy) is 1. The van der Waals surface area contributed by atoms with E-state index in [-0.39, 0.29) is 11.9 Å². The standard InChI is InChI=1S/C15H11O2.3C4H9.Sn/c16-13-10-15(11-6-2-1-3-7-11)17-14-9-5-4-8-12(13)14;3*1-3-4-2;/h2-9,15H,10H2;3*1,3-4H2,2H3;/t15-;;;;/m1..../s1. The van der Waals surface area contributed by atoms with Crippen LogP contribution >= 0.6 is 0 Å². The van der Waals surface area contributed by atoms with Crippen LogP contribution < -0.4 is 8.32 Å². The first-order valence-corrected chi connectivity index (χ1v) is 19.5. The van der Waals surface area contributed by atoms with Gasteiger partial charge < -0.3 is 0 Å². The molecule has 0 N–H and O–H groups in total. The molecule has 0 aromatic heterocycles. The van der Waals surface area contributed by atoms with E-state index < -0.39 is 18.4 Å². The van der Waals surface area contributed by atoms with Gasteiger partial charge in [0, 0.05) is 0 Å². The third-order valence-corrected chi connectivity index (χ3v) is 22.4. The van der Waals surface area contributed by atoms with E-state index in [0.717, 1.165) is 16.9 Å². The zero-order valence-corrected chi connectivity index (χ0v) is 21.9. The molecule has 0 aliphatic carbocycles. The molecular weight excluding hydrogens is 475 g/mol. The molecule has 1 aliphatic rings. The number of fused-ring (bicyclic) bond motifs is 1. The van der Waals surface area contributed by atoms with Crippen molar-refractivity contribution in [2.24, 2.45) is 0 Å². The number of unbranched alkanes of at least 4 members (excludes halogenated alkanes) is 3. The fourth-order valence-electron chi connectivity index (χ4n) is 4.86. The van der Waals surface area contributed by atoms with Gasteiger partial charge in [0.2, 0.25) is 0 Å². The first-order valence-electron chi connectivity index (χ1n) is 12.0. The number of carbonyl (C=O) groups excluding carboxylic acids is 1. The van der Waals surface area contributed by atoms with Crippen LogP contribution in [0.2, 0.25) is 13.3 Å². The Kier molecular flexibility index (Phi) is 8.85. The van der Waals surface area contributed by atoms with Crippen LogP contribution in [0.5, 0.6) is 5.75 Å². The number of benzene rings is 2. The Balaban J connectivity index is 1.84. The van der Waals surface area contributed by atoms with Crippen molar-refractivity contribution in [1.29, 1.82) is 0 Å². The molecule has 0 radical (unpaired) electrons. The summed E-state index contributed by atoms with van der Waals surface area (Å²) in [5, 5.41) is 0. The van der Waals surface area contributed by atoms with E-state index >= 15 is 0 Å². The van der Waals surface area contributed by atoms with Crippen LogP contribution in [0.3, 0.4) is 0 Å². The van der Waals surface area contributed by atoms with Crippen molar-refractivity contribution in [2.75, 3.05) is 0 Å². The Morgan fingerprint density at radius 1 is 0.833 bits per heavy atom. The van der Waals surface area contributed by atoms with E-state index in [1.807, 2.05) is 24.3 Å². The fourth-order valence-corrected chi connectivity index (χ4v) is 20.8. The molecule has 162 valence electrons. The molecule has 30 heavy (non-hydrogen) atoms. The molecule has 0 spiro atoms. The number of hydrogen-bond acceptors (Lipinski definition) is 2. The molecule has 3 heteroatoms. The Morgan fingerprint density at radius 2 is 1.40 bits per heavy atom. The Labute approximate surface area is 187 Å². The Morgan fingerprint density at radius 3 is 1.97 bits per heavy atom. The summed E-state index contributed by atoms with van der Waals surface area (Å²) in [5.74, 6) is 0.915. The quantitative estimate of drug-likeness (QED) is 0.292. The molecule has 1 aliphatic heterocycles. The van der Waals surface area contributed by atoms with E-state index in [2.05, 4.69) is 45.0 Å². The molecule has 0 unspecified atom stereocenters. The number of ketones is 1. The summed E-state index contributed by atoms with van der Waals surface area (Å²) in [5.41, 5.74) is 1.86. The topological polar surface area (TPSA) is 26.3 Å². The van der Waals surface area contributed by atoms with E-state index in [0.29, 0.717) is 6.42 Å². The fraction of sp³-hybridized carbons (Fsp3) is 0.519. The maximum atomic E-state index is 12.6. The molecule has 2 aromatic carbocycles. The summed E-state index contributed by atoms with van der Waals surface area (Å²) in [7, 11) is 0. The minimum absolute atomic E-state index is 0.159. The molecule has 0 saturated heterocycles. The normalized spacial score (nSPS) is 16.2. The number of Topliss-reactive ketones (excluding diaryl/α,β-unsaturated/α-hetero) is 1. The Bertz CT molecular complexity index is 790. The van der Waals surface area contributed by atoms with Gasteiger partial charge in [-0.3, -0.25) is 0 Å². The van der Waals surface area contributed by atoms with E-state index in [1.165, 1.54) is 51.8 Å². The molecule has 0 saturated carbocycles. The summed E-state index contributed by atoms with van der Waals surface area (Å²) in [6.45, 7) is 6.98. The van der Waals surface area contributed by atoms with Gasteiger partial charge in [0.25, 0.3) is 0 Å². The van der Waals surface area contributed by atoms with Crippen molar-refractivity contribution < 1.29 is 9.53 Å². The number of para-hydroxylation sites is 1. The third-order valence-electron chi connectivity index (χ3n) is 6.75. The van der Waals surface area contributed by atoms with Crippen molar-refractivity contribution in [3.8, 4) is 5.75 Å². The van der Waals surface area contributed by atoms with Crippen LogP contribution in [-0.4, -0.2) is 24.2 Å². The van der Waals surface area contributed by atoms with Crippen molar-refractivity contribution >= 4 is 27.7 Å². The third kappa shape index (κ3) is 5.49. The van der Waals surface area contributed by atoms with Crippen molar-refractivity contribution in [3.63, 3.8) is 0 Å². The number of carbonyl (C=O) groups is 1. The number of hydrogen-bond donors (Lipinski definition) is 0. The van der Waals surface area contributed by atoms with Gasteiger partial charge in [-0.2, -0.15) is 0 Å². The number of rotatable bonds is 11. The molecule has 2 aromatic rings. The van der Waals surface area contributed by atoms with Gasteiger partial charge in [-0.05, 0) is 0 Å². The zero-order chi connectivity index (χ0) is 21.4. The molecule has 3 rings (SSSR count). The molecule has 1 atom stereocenters. The minimum atomic E-state index is -2.39. The van der Waals surface area contributed by atoms with Crippen LogP contribution in [-0.2, 0) is 0 Å². The van der Waals surface area contributed by atoms with Crippen LogP contribution in [0.4, 0.5) is 0 Å². The monoisotopic (exact) mass is 514 g/mol. The van der Waals surface area contributed by atoms with Gasteiger partial charge in [0.05, 0.1) is 0 Å². The van der Waals surface area contributed by atoms with Crippen molar-refractivity contribution in [2.45, 2.75) is 85.1 Å². The van der Waals surface area contributed by atoms with Gasteiger partial charge in [0.1, 0.15) is 0 Å². The van der Waals surface area contributed by atoms with Crippen LogP contribution in [0, 0.1) is 0 Å². The van der Waals surface area contributed by atoms with Gasteiger partial charge in [-0.1, -0.05) is 0 Å². The predicted molar refractivity (Wildman–Crippen MR) is 130 cm³/mol. The van der Waals surface area contributed by atoms with Crippen molar-refractivity contribution in [3.05, 3.63) is 59.7 Å². The zero-order valence-electron chi connectivity index (χ0n) is 19.1. The van der Waals surface area contributed by atoms with Gasteiger partial charge in [-0.25, -0.2) is 0 Å². The van der Waals surface area contributed by atoms with Crippen LogP contribution in [0.15, 0.2) is 48.5 Å². The first-order chi connectivity index (χ1) is 14.6. The second-order valence-corrected chi connectivity index (χ2v) is 22.2. The van der Waals surface area contributed by atoms with Crippen molar-refractivity contribution in [1.82, 2.24) is 0 Å². The van der Waals surface area contributed by atoms with Crippen LogP contribution in [0.1, 0.15) is 87.7 Å². The second-order valence-electron chi connectivity index (χ2n) is 8.94. The summed E-state index contributed by atoms with van der Waals surface area (Å²) in [4.78, 5) is 12.6. The maximum absolute atomic E-state index is 12.6. The van der Waals surface area contributed by atoms with Crippen LogP contribution in [0.25, 0.3) is 0 Å². The molecule has 0 bridgehead atoms. The predicted octanol–water partition coefficient (Wildman–Crippen LogP) is 7.45. The van der Waals surface area contributed by atoms with Gasteiger partial charge >= 0.3 is 188 Å². The Hall–Kier alpha value is -1.29. The van der Waals surface area contributed by atoms with E-state index in [4.69, 9.17) is 4.74 Å². The van der Waals surface area contributed by atoms with Gasteiger partial charge in [-0.15, -0.1) is 0 Å². The molecule has 0 fully saturated rings. The second kappa shape index (κ2) is 11.4. The van der Waals surface area contributed by atoms with Gasteiger partial charge in [0.15, 0.2) is 0 Å². The molecule has 2 nitrogen and oxygen atoms in total. The molecular formula is C27H38O2Sn. The summed E-state index contributed by atoms with van der Waals surface area (Å²) < 4.78 is 12.3. The summed E-state index contributed by atoms with van der Waals surface area (Å²) >= 11 is -2.39. The molecule has 1 heterocycles. The average Bonchev–Trinajstić information content (AvgIpc) is 2.79. The SMILES string of the molecule is CCC[CH2][Sn]([CH2]CCC)([CH2]CCC)[c]1ccc([C@H]2CC(=O)c3ccccc3O2)cc1. The van der Waals surface area contributed by atoms with E-state index in [9.17, 15) is 4.79 Å². The summed E-state index contributed by atoms with van der Waals surface area (Å²) in [6, 6.07) is 17.0. The summed E-state index contributed by atoms with van der Waals surface area (Å²) in [6.07, 6.45) is 8.30.